The fourth-order valence-corrected chi connectivity index (χ4v) is 3.11. The van der Waals surface area contributed by atoms with Crippen LogP contribution in [0, 0.1) is 0 Å². The summed E-state index contributed by atoms with van der Waals surface area (Å²) in [4.78, 5) is 27.8. The third-order valence-corrected chi connectivity index (χ3v) is 4.44. The lowest BCUT2D eigenvalue weighted by atomic mass is 9.96. The minimum absolute atomic E-state index is 0.167. The van der Waals surface area contributed by atoms with E-state index in [1.807, 2.05) is 24.4 Å². The van der Waals surface area contributed by atoms with Crippen LogP contribution in [0.1, 0.15) is 22.5 Å². The molecular formula is C13H18N2O3S. The van der Waals surface area contributed by atoms with Gasteiger partial charge >= 0.3 is 5.97 Å². The molecule has 0 saturated carbocycles. The summed E-state index contributed by atoms with van der Waals surface area (Å²) in [6.07, 6.45) is 1.30. The molecule has 1 aliphatic heterocycles. The number of aliphatic carboxylic acids is 1. The maximum atomic E-state index is 12.3. The first-order valence-electron chi connectivity index (χ1n) is 6.24. The van der Waals surface area contributed by atoms with Gasteiger partial charge in [-0.2, -0.15) is 0 Å². The Balaban J connectivity index is 2.16. The summed E-state index contributed by atoms with van der Waals surface area (Å²) in [6, 6.07) is 3.04. The molecule has 1 aromatic heterocycles. The molecule has 2 rings (SSSR count). The van der Waals surface area contributed by atoms with Crippen molar-refractivity contribution in [1.29, 1.82) is 0 Å². The van der Waals surface area contributed by atoms with Gasteiger partial charge in [0.1, 0.15) is 6.04 Å². The summed E-state index contributed by atoms with van der Waals surface area (Å²) >= 11 is 1.35. The Morgan fingerprint density at radius 2 is 2.21 bits per heavy atom. The average Bonchev–Trinajstić information content (AvgIpc) is 2.90. The summed E-state index contributed by atoms with van der Waals surface area (Å²) < 4.78 is 0. The lowest BCUT2D eigenvalue weighted by Crippen LogP contribution is -2.53. The third-order valence-electron chi connectivity index (χ3n) is 3.58. The SMILES string of the molecule is CN(C)C1CCN(C(=O)c2cccs2)C(C(=O)O)C1. The molecule has 1 aliphatic rings. The first-order chi connectivity index (χ1) is 9.00. The van der Waals surface area contributed by atoms with Gasteiger partial charge in [-0.3, -0.25) is 4.79 Å². The Bertz CT molecular complexity index is 458. The average molecular weight is 282 g/mol. The second kappa shape index (κ2) is 5.71. The van der Waals surface area contributed by atoms with Gasteiger partial charge in [-0.15, -0.1) is 11.3 Å². The number of piperidine rings is 1. The van der Waals surface area contributed by atoms with Gasteiger partial charge in [0.15, 0.2) is 0 Å². The molecule has 19 heavy (non-hydrogen) atoms. The number of likely N-dealkylation sites (tertiary alicyclic amines) is 1. The molecule has 1 fully saturated rings. The highest BCUT2D eigenvalue weighted by Crippen LogP contribution is 2.24. The topological polar surface area (TPSA) is 60.9 Å². The minimum Gasteiger partial charge on any atom is -0.480 e. The maximum absolute atomic E-state index is 12.3. The van der Waals surface area contributed by atoms with E-state index in [-0.39, 0.29) is 11.9 Å². The second-order valence-corrected chi connectivity index (χ2v) is 5.92. The number of rotatable bonds is 3. The van der Waals surface area contributed by atoms with Crippen LogP contribution in [0.25, 0.3) is 0 Å². The first kappa shape index (κ1) is 14.0. The molecule has 6 heteroatoms. The summed E-state index contributed by atoms with van der Waals surface area (Å²) in [5.74, 6) is -1.09. The van der Waals surface area contributed by atoms with E-state index in [1.54, 1.807) is 12.1 Å². The number of hydrogen-bond donors (Lipinski definition) is 1. The highest BCUT2D eigenvalue weighted by Gasteiger charge is 2.37. The smallest absolute Gasteiger partial charge is 0.326 e. The van der Waals surface area contributed by atoms with Gasteiger partial charge in [0.05, 0.1) is 4.88 Å². The Morgan fingerprint density at radius 1 is 1.47 bits per heavy atom. The monoisotopic (exact) mass is 282 g/mol. The first-order valence-corrected chi connectivity index (χ1v) is 7.12. The van der Waals surface area contributed by atoms with Crippen LogP contribution in [-0.2, 0) is 4.79 Å². The van der Waals surface area contributed by atoms with Crippen LogP contribution < -0.4 is 0 Å². The Kier molecular flexibility index (Phi) is 4.21. The molecule has 0 aromatic carbocycles. The summed E-state index contributed by atoms with van der Waals surface area (Å²) in [6.45, 7) is 0.497. The van der Waals surface area contributed by atoms with E-state index < -0.39 is 12.0 Å². The van der Waals surface area contributed by atoms with E-state index in [9.17, 15) is 14.7 Å². The van der Waals surface area contributed by atoms with Crippen LogP contribution in [-0.4, -0.2) is 59.5 Å². The molecule has 0 bridgehead atoms. The standard InChI is InChI=1S/C13H18N2O3S/c1-14(2)9-5-6-15(10(8-9)13(17)18)12(16)11-4-3-7-19-11/h3-4,7,9-10H,5-6,8H2,1-2H3,(H,17,18). The Labute approximate surface area is 116 Å². The van der Waals surface area contributed by atoms with Crippen molar-refractivity contribution in [3.8, 4) is 0 Å². The number of carboxylic acid groups (broad SMARTS) is 1. The number of carbonyl (C=O) groups is 2. The van der Waals surface area contributed by atoms with Crippen molar-refractivity contribution in [3.05, 3.63) is 22.4 Å². The molecule has 0 spiro atoms. The molecule has 0 aliphatic carbocycles. The van der Waals surface area contributed by atoms with E-state index in [1.165, 1.54) is 16.2 Å². The maximum Gasteiger partial charge on any atom is 0.326 e. The van der Waals surface area contributed by atoms with Gasteiger partial charge in [0, 0.05) is 12.6 Å². The highest BCUT2D eigenvalue weighted by atomic mass is 32.1. The van der Waals surface area contributed by atoms with Crippen LogP contribution in [0.5, 0.6) is 0 Å². The number of thiophene rings is 1. The van der Waals surface area contributed by atoms with Crippen molar-refractivity contribution in [2.24, 2.45) is 0 Å². The van der Waals surface area contributed by atoms with Crippen molar-refractivity contribution >= 4 is 23.2 Å². The Morgan fingerprint density at radius 3 is 2.74 bits per heavy atom. The molecule has 1 aromatic rings. The van der Waals surface area contributed by atoms with Gasteiger partial charge in [-0.05, 0) is 38.4 Å². The fourth-order valence-electron chi connectivity index (χ4n) is 2.43. The molecule has 2 heterocycles. The molecule has 2 unspecified atom stereocenters. The van der Waals surface area contributed by atoms with Gasteiger partial charge in [0.25, 0.3) is 5.91 Å². The Hall–Kier alpha value is -1.40. The second-order valence-electron chi connectivity index (χ2n) is 4.97. The zero-order valence-electron chi connectivity index (χ0n) is 11.1. The van der Waals surface area contributed by atoms with Crippen LogP contribution >= 0.6 is 11.3 Å². The van der Waals surface area contributed by atoms with Gasteiger partial charge in [-0.25, -0.2) is 4.79 Å². The quantitative estimate of drug-likeness (QED) is 0.909. The lowest BCUT2D eigenvalue weighted by molar-refractivity contribution is -0.144. The third kappa shape index (κ3) is 2.96. The van der Waals surface area contributed by atoms with Crippen LogP contribution in [0.4, 0.5) is 0 Å². The number of hydrogen-bond acceptors (Lipinski definition) is 4. The summed E-state index contributed by atoms with van der Waals surface area (Å²) in [5, 5.41) is 11.2. The molecule has 1 amide bonds. The summed E-state index contributed by atoms with van der Waals surface area (Å²) in [7, 11) is 3.89. The van der Waals surface area contributed by atoms with Gasteiger partial charge in [0.2, 0.25) is 0 Å². The van der Waals surface area contributed by atoms with E-state index >= 15 is 0 Å². The van der Waals surface area contributed by atoms with Crippen LogP contribution in [0.2, 0.25) is 0 Å². The normalized spacial score (nSPS) is 23.6. The van der Waals surface area contributed by atoms with Gasteiger partial charge < -0.3 is 14.9 Å². The largest absolute Gasteiger partial charge is 0.480 e. The van der Waals surface area contributed by atoms with Crippen molar-refractivity contribution in [2.45, 2.75) is 24.9 Å². The summed E-state index contributed by atoms with van der Waals surface area (Å²) in [5.41, 5.74) is 0. The van der Waals surface area contributed by atoms with Crippen molar-refractivity contribution in [2.75, 3.05) is 20.6 Å². The minimum atomic E-state index is -0.920. The van der Waals surface area contributed by atoms with Gasteiger partial charge in [-0.1, -0.05) is 6.07 Å². The zero-order valence-corrected chi connectivity index (χ0v) is 11.9. The number of amides is 1. The van der Waals surface area contributed by atoms with Crippen molar-refractivity contribution < 1.29 is 14.7 Å². The van der Waals surface area contributed by atoms with Crippen molar-refractivity contribution in [3.63, 3.8) is 0 Å². The lowest BCUT2D eigenvalue weighted by Gasteiger charge is -2.39. The number of carboxylic acids is 1. The molecule has 1 N–H and O–H groups in total. The van der Waals surface area contributed by atoms with E-state index in [0.717, 1.165) is 6.42 Å². The van der Waals surface area contributed by atoms with E-state index in [0.29, 0.717) is 17.8 Å². The highest BCUT2D eigenvalue weighted by molar-refractivity contribution is 7.12. The molecule has 2 atom stereocenters. The molecular weight excluding hydrogens is 264 g/mol. The van der Waals surface area contributed by atoms with E-state index in [4.69, 9.17) is 0 Å². The van der Waals surface area contributed by atoms with Crippen LogP contribution in [0.3, 0.4) is 0 Å². The number of carbonyl (C=O) groups excluding carboxylic acids is 1. The van der Waals surface area contributed by atoms with E-state index in [2.05, 4.69) is 0 Å². The molecule has 104 valence electrons. The predicted octanol–water partition coefficient (Wildman–Crippen LogP) is 1.37. The zero-order chi connectivity index (χ0) is 14.0. The fraction of sp³-hybridized carbons (Fsp3) is 0.538. The van der Waals surface area contributed by atoms with Crippen LogP contribution in [0.15, 0.2) is 17.5 Å². The number of nitrogens with zero attached hydrogens (tertiary/aromatic N) is 2. The molecule has 1 saturated heterocycles. The predicted molar refractivity (Wildman–Crippen MR) is 73.5 cm³/mol. The van der Waals surface area contributed by atoms with Crippen molar-refractivity contribution in [1.82, 2.24) is 9.80 Å². The molecule has 0 radical (unpaired) electrons. The molecule has 5 nitrogen and oxygen atoms in total.